The zero-order valence-electron chi connectivity index (χ0n) is 14.2. The summed E-state index contributed by atoms with van der Waals surface area (Å²) in [6, 6.07) is 9.28. The summed E-state index contributed by atoms with van der Waals surface area (Å²) in [7, 11) is 0. The highest BCUT2D eigenvalue weighted by molar-refractivity contribution is 5.27. The van der Waals surface area contributed by atoms with E-state index in [1.807, 2.05) is 0 Å². The van der Waals surface area contributed by atoms with Gasteiger partial charge in [0.25, 0.3) is 0 Å². The number of nitrogens with one attached hydrogen (secondary N) is 1. The molecule has 0 fully saturated rings. The number of rotatable bonds is 8. The van der Waals surface area contributed by atoms with Gasteiger partial charge in [-0.25, -0.2) is 0 Å². The van der Waals surface area contributed by atoms with E-state index < -0.39 is 0 Å². The molecule has 0 bridgehead atoms. The van der Waals surface area contributed by atoms with Crippen molar-refractivity contribution in [3.05, 3.63) is 35.4 Å². The van der Waals surface area contributed by atoms with Gasteiger partial charge in [-0.1, -0.05) is 72.2 Å². The smallest absolute Gasteiger partial charge is 0.00228 e. The number of benzene rings is 1. The van der Waals surface area contributed by atoms with Crippen LogP contribution in [0.4, 0.5) is 0 Å². The molecule has 1 heteroatoms. The third kappa shape index (κ3) is 5.28. The molecule has 2 atom stereocenters. The quantitative estimate of drug-likeness (QED) is 0.689. The van der Waals surface area contributed by atoms with Crippen LogP contribution in [0.1, 0.15) is 70.9 Å². The molecule has 1 aromatic rings. The molecule has 1 rings (SSSR count). The highest BCUT2D eigenvalue weighted by atomic mass is 14.9. The third-order valence-electron chi connectivity index (χ3n) is 4.28. The molecule has 0 aliphatic carbocycles. The van der Waals surface area contributed by atoms with Crippen LogP contribution in [0, 0.1) is 11.8 Å². The molecule has 2 unspecified atom stereocenters. The predicted molar refractivity (Wildman–Crippen MR) is 90.4 cm³/mol. The van der Waals surface area contributed by atoms with Gasteiger partial charge in [0.15, 0.2) is 0 Å². The van der Waals surface area contributed by atoms with Crippen LogP contribution in [0.15, 0.2) is 24.3 Å². The second-order valence-electron chi connectivity index (χ2n) is 6.87. The van der Waals surface area contributed by atoms with E-state index in [-0.39, 0.29) is 0 Å². The summed E-state index contributed by atoms with van der Waals surface area (Å²) < 4.78 is 0. The first-order chi connectivity index (χ1) is 9.45. The molecule has 0 saturated carbocycles. The molecule has 0 amide bonds. The molecule has 1 nitrogen and oxygen atoms in total. The van der Waals surface area contributed by atoms with Gasteiger partial charge in [0.2, 0.25) is 0 Å². The Balaban J connectivity index is 2.76. The second-order valence-corrected chi connectivity index (χ2v) is 6.87. The third-order valence-corrected chi connectivity index (χ3v) is 4.28. The molecule has 20 heavy (non-hydrogen) atoms. The molecule has 114 valence electrons. The maximum absolute atomic E-state index is 3.64. The maximum atomic E-state index is 3.64. The molecule has 0 aliphatic rings. The largest absolute Gasteiger partial charge is 0.316 e. The van der Waals surface area contributed by atoms with E-state index in [9.17, 15) is 0 Å². The SMILES string of the molecule is CCC(C)C(CNCC(C)C)c1ccc(C(C)C)cc1. The zero-order chi connectivity index (χ0) is 15.1. The Morgan fingerprint density at radius 1 is 0.850 bits per heavy atom. The lowest BCUT2D eigenvalue weighted by molar-refractivity contribution is 0.409. The first-order valence-corrected chi connectivity index (χ1v) is 8.26. The molecule has 1 N–H and O–H groups in total. The van der Waals surface area contributed by atoms with Crippen molar-refractivity contribution in [1.82, 2.24) is 5.32 Å². The van der Waals surface area contributed by atoms with E-state index in [0.29, 0.717) is 11.8 Å². The van der Waals surface area contributed by atoms with Crippen LogP contribution in [0.25, 0.3) is 0 Å². The second kappa shape index (κ2) is 8.46. The summed E-state index contributed by atoms with van der Waals surface area (Å²) in [5.41, 5.74) is 2.92. The standard InChI is InChI=1S/C19H33N/c1-7-16(6)19(13-20-12-14(2)3)18-10-8-17(9-11-18)15(4)5/h8-11,14-16,19-20H,7,12-13H2,1-6H3. The number of hydrogen-bond donors (Lipinski definition) is 1. The van der Waals surface area contributed by atoms with Crippen molar-refractivity contribution in [1.29, 1.82) is 0 Å². The summed E-state index contributed by atoms with van der Waals surface area (Å²) in [5.74, 6) is 2.68. The van der Waals surface area contributed by atoms with Crippen molar-refractivity contribution < 1.29 is 0 Å². The lowest BCUT2D eigenvalue weighted by Crippen LogP contribution is -2.28. The van der Waals surface area contributed by atoms with Crippen molar-refractivity contribution in [2.24, 2.45) is 11.8 Å². The summed E-state index contributed by atoms with van der Waals surface area (Å²) in [4.78, 5) is 0. The molecule has 0 heterocycles. The highest BCUT2D eigenvalue weighted by Crippen LogP contribution is 2.27. The van der Waals surface area contributed by atoms with Gasteiger partial charge in [-0.2, -0.15) is 0 Å². The Kier molecular flexibility index (Phi) is 7.29. The van der Waals surface area contributed by atoms with Crippen LogP contribution in [-0.2, 0) is 0 Å². The molecule has 0 radical (unpaired) electrons. The van der Waals surface area contributed by atoms with E-state index in [0.717, 1.165) is 24.9 Å². The Hall–Kier alpha value is -0.820. The summed E-state index contributed by atoms with van der Waals surface area (Å²) in [6.45, 7) is 15.9. The molecular formula is C19H33N. The predicted octanol–water partition coefficient (Wildman–Crippen LogP) is 5.19. The summed E-state index contributed by atoms with van der Waals surface area (Å²) in [6.07, 6.45) is 1.24. The lowest BCUT2D eigenvalue weighted by Gasteiger charge is -2.25. The van der Waals surface area contributed by atoms with Crippen molar-refractivity contribution in [3.8, 4) is 0 Å². The minimum Gasteiger partial charge on any atom is -0.316 e. The van der Waals surface area contributed by atoms with Gasteiger partial charge >= 0.3 is 0 Å². The molecular weight excluding hydrogens is 242 g/mol. The van der Waals surface area contributed by atoms with Crippen LogP contribution < -0.4 is 5.32 Å². The fraction of sp³-hybridized carbons (Fsp3) is 0.684. The Morgan fingerprint density at radius 3 is 1.85 bits per heavy atom. The lowest BCUT2D eigenvalue weighted by atomic mass is 9.84. The fourth-order valence-corrected chi connectivity index (χ4v) is 2.59. The monoisotopic (exact) mass is 275 g/mol. The van der Waals surface area contributed by atoms with Gasteiger partial charge in [-0.05, 0) is 41.3 Å². The molecule has 0 spiro atoms. The molecule has 0 saturated heterocycles. The minimum absolute atomic E-state index is 0.616. The van der Waals surface area contributed by atoms with Crippen LogP contribution in [0.3, 0.4) is 0 Å². The van der Waals surface area contributed by atoms with Gasteiger partial charge in [0.1, 0.15) is 0 Å². The molecule has 1 aromatic carbocycles. The van der Waals surface area contributed by atoms with E-state index >= 15 is 0 Å². The van der Waals surface area contributed by atoms with E-state index in [4.69, 9.17) is 0 Å². The Morgan fingerprint density at radius 2 is 1.40 bits per heavy atom. The fourth-order valence-electron chi connectivity index (χ4n) is 2.59. The van der Waals surface area contributed by atoms with Crippen molar-refractivity contribution in [2.45, 2.75) is 59.8 Å². The summed E-state index contributed by atoms with van der Waals surface area (Å²) in [5, 5.41) is 3.64. The van der Waals surface area contributed by atoms with Gasteiger partial charge in [-0.15, -0.1) is 0 Å². The average Bonchev–Trinajstić information content (AvgIpc) is 2.42. The minimum atomic E-state index is 0.616. The van der Waals surface area contributed by atoms with Crippen LogP contribution in [0.5, 0.6) is 0 Å². The normalized spacial score (nSPS) is 14.8. The maximum Gasteiger partial charge on any atom is 0.00228 e. The van der Waals surface area contributed by atoms with Gasteiger partial charge in [0.05, 0.1) is 0 Å². The van der Waals surface area contributed by atoms with Crippen LogP contribution in [0.2, 0.25) is 0 Å². The highest BCUT2D eigenvalue weighted by Gasteiger charge is 2.18. The Labute approximate surface area is 126 Å². The molecule has 0 aliphatic heterocycles. The van der Waals surface area contributed by atoms with Crippen molar-refractivity contribution in [2.75, 3.05) is 13.1 Å². The van der Waals surface area contributed by atoms with Crippen molar-refractivity contribution in [3.63, 3.8) is 0 Å². The summed E-state index contributed by atoms with van der Waals surface area (Å²) >= 11 is 0. The van der Waals surface area contributed by atoms with Gasteiger partial charge in [-0.3, -0.25) is 0 Å². The van der Waals surface area contributed by atoms with Crippen molar-refractivity contribution >= 4 is 0 Å². The van der Waals surface area contributed by atoms with Gasteiger partial charge in [0, 0.05) is 6.54 Å². The zero-order valence-corrected chi connectivity index (χ0v) is 14.2. The van der Waals surface area contributed by atoms with E-state index in [1.54, 1.807) is 0 Å². The first kappa shape index (κ1) is 17.2. The van der Waals surface area contributed by atoms with Gasteiger partial charge < -0.3 is 5.32 Å². The first-order valence-electron chi connectivity index (χ1n) is 8.26. The Bertz CT molecular complexity index is 364. The average molecular weight is 275 g/mol. The van der Waals surface area contributed by atoms with E-state index in [1.165, 1.54) is 17.5 Å². The topological polar surface area (TPSA) is 12.0 Å². The van der Waals surface area contributed by atoms with Crippen LogP contribution in [-0.4, -0.2) is 13.1 Å². The molecule has 0 aromatic heterocycles. The van der Waals surface area contributed by atoms with Crippen LogP contribution >= 0.6 is 0 Å². The van der Waals surface area contributed by atoms with E-state index in [2.05, 4.69) is 71.1 Å². The number of hydrogen-bond acceptors (Lipinski definition) is 1.